The normalized spacial score (nSPS) is 11.3. The Morgan fingerprint density at radius 1 is 0.897 bits per heavy atom. The molecule has 0 saturated carbocycles. The van der Waals surface area contributed by atoms with Gasteiger partial charge < -0.3 is 9.73 Å². The molecule has 0 aliphatic rings. The Hall–Kier alpha value is -3.65. The zero-order valence-electron chi connectivity index (χ0n) is 14.9. The van der Waals surface area contributed by atoms with E-state index in [2.05, 4.69) is 10.0 Å². The lowest BCUT2D eigenvalue weighted by Crippen LogP contribution is -2.14. The molecular weight excluding hydrogens is 395 g/mol. The molecule has 1 amide bonds. The number of rotatable bonds is 5. The summed E-state index contributed by atoms with van der Waals surface area (Å²) in [5.74, 6) is -0.990. The maximum absolute atomic E-state index is 13.7. The largest absolute Gasteiger partial charge is 0.451 e. The van der Waals surface area contributed by atoms with Crippen LogP contribution in [-0.2, 0) is 10.0 Å². The third-order valence-corrected chi connectivity index (χ3v) is 5.57. The Balaban J connectivity index is 1.50. The number of hydrogen-bond donors (Lipinski definition) is 2. The van der Waals surface area contributed by atoms with Crippen molar-refractivity contribution in [3.05, 3.63) is 90.4 Å². The lowest BCUT2D eigenvalue weighted by molar-refractivity contribution is 0.0998. The monoisotopic (exact) mass is 410 g/mol. The Labute approximate surface area is 166 Å². The average molecular weight is 410 g/mol. The van der Waals surface area contributed by atoms with Crippen LogP contribution >= 0.6 is 0 Å². The van der Waals surface area contributed by atoms with Crippen molar-refractivity contribution in [2.24, 2.45) is 0 Å². The first kappa shape index (κ1) is 18.7. The zero-order chi connectivity index (χ0) is 20.4. The van der Waals surface area contributed by atoms with E-state index in [4.69, 9.17) is 4.42 Å². The Bertz CT molecular complexity index is 1260. The summed E-state index contributed by atoms with van der Waals surface area (Å²) < 4.78 is 46.3. The van der Waals surface area contributed by atoms with Gasteiger partial charge in [0.1, 0.15) is 11.4 Å². The molecule has 0 fully saturated rings. The SMILES string of the molecule is O=C(Nc1ccc(S(=O)(=O)Nc2ccccc2F)cc1)c1cc2ccccc2o1. The summed E-state index contributed by atoms with van der Waals surface area (Å²) in [5.41, 5.74) is 0.841. The third kappa shape index (κ3) is 3.97. The number of halogens is 1. The van der Waals surface area contributed by atoms with Crippen molar-refractivity contribution in [3.8, 4) is 0 Å². The summed E-state index contributed by atoms with van der Waals surface area (Å²) in [4.78, 5) is 12.3. The minimum atomic E-state index is -3.97. The average Bonchev–Trinajstić information content (AvgIpc) is 3.14. The molecule has 0 atom stereocenters. The first-order valence-corrected chi connectivity index (χ1v) is 10.1. The van der Waals surface area contributed by atoms with Gasteiger partial charge in [-0.15, -0.1) is 0 Å². The molecule has 0 bridgehead atoms. The van der Waals surface area contributed by atoms with Crippen molar-refractivity contribution in [2.45, 2.75) is 4.90 Å². The van der Waals surface area contributed by atoms with E-state index in [0.29, 0.717) is 11.3 Å². The molecule has 0 aliphatic heterocycles. The second kappa shape index (κ2) is 7.40. The number of carbonyl (C=O) groups excluding carboxylic acids is 1. The summed E-state index contributed by atoms with van der Waals surface area (Å²) >= 11 is 0. The van der Waals surface area contributed by atoms with Gasteiger partial charge in [0.2, 0.25) is 0 Å². The van der Waals surface area contributed by atoms with E-state index < -0.39 is 21.7 Å². The summed E-state index contributed by atoms with van der Waals surface area (Å²) in [6.45, 7) is 0. The van der Waals surface area contributed by atoms with E-state index in [1.165, 1.54) is 42.5 Å². The van der Waals surface area contributed by atoms with Gasteiger partial charge in [0.15, 0.2) is 5.76 Å². The highest BCUT2D eigenvalue weighted by Gasteiger charge is 2.17. The maximum atomic E-state index is 13.7. The lowest BCUT2D eigenvalue weighted by atomic mass is 10.2. The molecule has 0 radical (unpaired) electrons. The number of fused-ring (bicyclic) bond motifs is 1. The molecule has 0 aliphatic carbocycles. The van der Waals surface area contributed by atoms with Crippen LogP contribution in [0.15, 0.2) is 88.2 Å². The molecular formula is C21H15FN2O4S. The summed E-state index contributed by atoms with van der Waals surface area (Å²) in [6.07, 6.45) is 0. The standard InChI is InChI=1S/C21H15FN2O4S/c22-17-6-2-3-7-18(17)24-29(26,27)16-11-9-15(10-12-16)23-21(25)20-13-14-5-1-4-8-19(14)28-20/h1-13,24H,(H,23,25). The van der Waals surface area contributed by atoms with Gasteiger partial charge >= 0.3 is 0 Å². The van der Waals surface area contributed by atoms with Crippen LogP contribution in [0, 0.1) is 5.82 Å². The van der Waals surface area contributed by atoms with Crippen molar-refractivity contribution in [1.82, 2.24) is 0 Å². The predicted molar refractivity (Wildman–Crippen MR) is 108 cm³/mol. The number of para-hydroxylation sites is 2. The number of amides is 1. The van der Waals surface area contributed by atoms with Gasteiger partial charge in [0.25, 0.3) is 15.9 Å². The minimum absolute atomic E-state index is 0.0671. The van der Waals surface area contributed by atoms with Crippen LogP contribution in [-0.4, -0.2) is 14.3 Å². The molecule has 146 valence electrons. The van der Waals surface area contributed by atoms with Crippen LogP contribution in [0.5, 0.6) is 0 Å². The number of benzene rings is 3. The van der Waals surface area contributed by atoms with Crippen molar-refractivity contribution in [2.75, 3.05) is 10.0 Å². The van der Waals surface area contributed by atoms with Crippen molar-refractivity contribution in [1.29, 1.82) is 0 Å². The van der Waals surface area contributed by atoms with Crippen LogP contribution in [0.3, 0.4) is 0 Å². The molecule has 6 nitrogen and oxygen atoms in total. The predicted octanol–water partition coefficient (Wildman–Crippen LogP) is 4.63. The van der Waals surface area contributed by atoms with Gasteiger partial charge in [-0.25, -0.2) is 12.8 Å². The number of carbonyl (C=O) groups is 1. The van der Waals surface area contributed by atoms with E-state index in [0.717, 1.165) is 11.5 Å². The molecule has 29 heavy (non-hydrogen) atoms. The fourth-order valence-electron chi connectivity index (χ4n) is 2.75. The van der Waals surface area contributed by atoms with E-state index in [1.54, 1.807) is 12.1 Å². The quantitative estimate of drug-likeness (QED) is 0.502. The maximum Gasteiger partial charge on any atom is 0.291 e. The van der Waals surface area contributed by atoms with Crippen LogP contribution in [0.1, 0.15) is 10.6 Å². The summed E-state index contributed by atoms with van der Waals surface area (Å²) in [7, 11) is -3.97. The molecule has 2 N–H and O–H groups in total. The summed E-state index contributed by atoms with van der Waals surface area (Å²) in [6, 6.07) is 19.9. The molecule has 0 spiro atoms. The number of nitrogens with one attached hydrogen (secondary N) is 2. The highest BCUT2D eigenvalue weighted by molar-refractivity contribution is 7.92. The molecule has 4 aromatic rings. The molecule has 8 heteroatoms. The Morgan fingerprint density at radius 2 is 1.59 bits per heavy atom. The highest BCUT2D eigenvalue weighted by atomic mass is 32.2. The minimum Gasteiger partial charge on any atom is -0.451 e. The molecule has 0 unspecified atom stereocenters. The molecule has 4 rings (SSSR count). The van der Waals surface area contributed by atoms with Gasteiger partial charge in [0, 0.05) is 11.1 Å². The van der Waals surface area contributed by atoms with E-state index >= 15 is 0 Å². The van der Waals surface area contributed by atoms with Gasteiger partial charge in [-0.1, -0.05) is 30.3 Å². The lowest BCUT2D eigenvalue weighted by Gasteiger charge is -2.09. The van der Waals surface area contributed by atoms with Crippen LogP contribution in [0.4, 0.5) is 15.8 Å². The Kier molecular flexibility index (Phi) is 4.77. The molecule has 1 aromatic heterocycles. The zero-order valence-corrected chi connectivity index (χ0v) is 15.7. The Morgan fingerprint density at radius 3 is 2.31 bits per heavy atom. The van der Waals surface area contributed by atoms with E-state index in [9.17, 15) is 17.6 Å². The van der Waals surface area contributed by atoms with Crippen molar-refractivity contribution < 1.29 is 22.0 Å². The van der Waals surface area contributed by atoms with E-state index in [1.807, 2.05) is 18.2 Å². The second-order valence-electron chi connectivity index (χ2n) is 6.21. The number of sulfonamides is 1. The first-order chi connectivity index (χ1) is 13.9. The second-order valence-corrected chi connectivity index (χ2v) is 7.89. The van der Waals surface area contributed by atoms with Crippen molar-refractivity contribution >= 4 is 38.3 Å². The molecule has 0 saturated heterocycles. The number of furan rings is 1. The van der Waals surface area contributed by atoms with Gasteiger partial charge in [-0.05, 0) is 48.5 Å². The first-order valence-electron chi connectivity index (χ1n) is 8.60. The third-order valence-electron chi connectivity index (χ3n) is 4.19. The van der Waals surface area contributed by atoms with Gasteiger partial charge in [0.05, 0.1) is 10.6 Å². The smallest absolute Gasteiger partial charge is 0.291 e. The summed E-state index contributed by atoms with van der Waals surface area (Å²) in [5, 5.41) is 3.45. The van der Waals surface area contributed by atoms with Crippen molar-refractivity contribution in [3.63, 3.8) is 0 Å². The van der Waals surface area contributed by atoms with Crippen LogP contribution in [0.2, 0.25) is 0 Å². The van der Waals surface area contributed by atoms with Gasteiger partial charge in [-0.3, -0.25) is 9.52 Å². The highest BCUT2D eigenvalue weighted by Crippen LogP contribution is 2.22. The van der Waals surface area contributed by atoms with Gasteiger partial charge in [-0.2, -0.15) is 0 Å². The van der Waals surface area contributed by atoms with Crippen LogP contribution < -0.4 is 10.0 Å². The number of hydrogen-bond acceptors (Lipinski definition) is 4. The fourth-order valence-corrected chi connectivity index (χ4v) is 3.82. The molecule has 3 aromatic carbocycles. The van der Waals surface area contributed by atoms with Crippen LogP contribution in [0.25, 0.3) is 11.0 Å². The van der Waals surface area contributed by atoms with E-state index in [-0.39, 0.29) is 16.3 Å². The topological polar surface area (TPSA) is 88.4 Å². The fraction of sp³-hybridized carbons (Fsp3) is 0. The molecule has 1 heterocycles. The number of anilines is 2.